The lowest BCUT2D eigenvalue weighted by atomic mass is 9.96. The third-order valence-corrected chi connectivity index (χ3v) is 5.67. The highest BCUT2D eigenvalue weighted by Crippen LogP contribution is 2.33. The Morgan fingerprint density at radius 3 is 2.68 bits per heavy atom. The van der Waals surface area contributed by atoms with Gasteiger partial charge in [-0.3, -0.25) is 4.90 Å². The Morgan fingerprint density at radius 1 is 1.42 bits per heavy atom. The molecule has 1 aromatic heterocycles. The lowest BCUT2D eigenvalue weighted by molar-refractivity contribution is 0.0750. The van der Waals surface area contributed by atoms with Crippen LogP contribution in [0.25, 0.3) is 0 Å². The monoisotopic (exact) mass is 300 g/mol. The van der Waals surface area contributed by atoms with E-state index in [1.807, 2.05) is 6.07 Å². The van der Waals surface area contributed by atoms with Crippen molar-refractivity contribution >= 4 is 22.9 Å². The largest absolute Gasteiger partial charge is 0.311 e. The fraction of sp³-hybridized carbons (Fsp3) is 0.733. The van der Waals surface area contributed by atoms with Crippen molar-refractivity contribution in [3.8, 4) is 0 Å². The van der Waals surface area contributed by atoms with Crippen molar-refractivity contribution < 1.29 is 0 Å². The van der Waals surface area contributed by atoms with Crippen molar-refractivity contribution in [1.29, 1.82) is 0 Å². The van der Waals surface area contributed by atoms with Crippen LogP contribution in [0.15, 0.2) is 12.1 Å². The average Bonchev–Trinajstić information content (AvgIpc) is 2.83. The predicted octanol–water partition coefficient (Wildman–Crippen LogP) is 4.17. The Balaban J connectivity index is 2.13. The molecule has 0 saturated carbocycles. The Morgan fingerprint density at radius 2 is 2.16 bits per heavy atom. The van der Waals surface area contributed by atoms with Gasteiger partial charge >= 0.3 is 0 Å². The van der Waals surface area contributed by atoms with E-state index in [9.17, 15) is 0 Å². The molecule has 1 aliphatic heterocycles. The third kappa shape index (κ3) is 3.52. The molecule has 1 aromatic rings. The number of halogens is 1. The van der Waals surface area contributed by atoms with E-state index in [-0.39, 0.29) is 0 Å². The molecule has 0 radical (unpaired) electrons. The molecule has 0 spiro atoms. The average molecular weight is 301 g/mol. The van der Waals surface area contributed by atoms with Crippen LogP contribution in [-0.4, -0.2) is 30.1 Å². The molecule has 0 aromatic carbocycles. The summed E-state index contributed by atoms with van der Waals surface area (Å²) in [6.45, 7) is 11.4. The summed E-state index contributed by atoms with van der Waals surface area (Å²) >= 11 is 7.80. The zero-order chi connectivity index (χ0) is 14.0. The Kier molecular flexibility index (Phi) is 5.29. The van der Waals surface area contributed by atoms with Crippen molar-refractivity contribution in [2.45, 2.75) is 52.2 Å². The number of rotatable bonds is 4. The third-order valence-electron chi connectivity index (χ3n) is 4.27. The van der Waals surface area contributed by atoms with Gasteiger partial charge in [-0.05, 0) is 31.4 Å². The maximum atomic E-state index is 6.08. The topological polar surface area (TPSA) is 15.3 Å². The van der Waals surface area contributed by atoms with E-state index in [0.29, 0.717) is 24.0 Å². The van der Waals surface area contributed by atoms with Gasteiger partial charge in [0.25, 0.3) is 0 Å². The molecular weight excluding hydrogens is 276 g/mol. The second-order valence-electron chi connectivity index (χ2n) is 5.84. The van der Waals surface area contributed by atoms with E-state index in [1.165, 1.54) is 11.3 Å². The molecule has 0 amide bonds. The fourth-order valence-electron chi connectivity index (χ4n) is 2.86. The highest BCUT2D eigenvalue weighted by molar-refractivity contribution is 7.16. The van der Waals surface area contributed by atoms with Crippen molar-refractivity contribution in [2.24, 2.45) is 5.92 Å². The van der Waals surface area contributed by atoms with Gasteiger partial charge in [0.15, 0.2) is 0 Å². The summed E-state index contributed by atoms with van der Waals surface area (Å²) in [6, 6.07) is 5.88. The summed E-state index contributed by atoms with van der Waals surface area (Å²) in [4.78, 5) is 4.04. The summed E-state index contributed by atoms with van der Waals surface area (Å²) in [7, 11) is 0. The minimum Gasteiger partial charge on any atom is -0.311 e. The molecule has 2 rings (SSSR count). The van der Waals surface area contributed by atoms with Crippen LogP contribution in [0, 0.1) is 5.92 Å². The van der Waals surface area contributed by atoms with Gasteiger partial charge in [-0.2, -0.15) is 0 Å². The molecule has 2 heterocycles. The predicted molar refractivity (Wildman–Crippen MR) is 85.2 cm³/mol. The quantitative estimate of drug-likeness (QED) is 0.898. The van der Waals surface area contributed by atoms with Gasteiger partial charge in [0, 0.05) is 36.1 Å². The molecule has 0 bridgehead atoms. The molecule has 1 fully saturated rings. The van der Waals surface area contributed by atoms with Crippen LogP contribution in [0.3, 0.4) is 0 Å². The summed E-state index contributed by atoms with van der Waals surface area (Å²) in [5.74, 6) is 0.680. The molecule has 3 unspecified atom stereocenters. The standard InChI is InChI=1S/C15H25ClN2S/c1-5-12-8-17-13(10(2)3)9-18(12)11(4)14-6-7-15(16)19-14/h6-7,10-13,17H,5,8-9H2,1-4H3. The van der Waals surface area contributed by atoms with Gasteiger partial charge in [-0.25, -0.2) is 0 Å². The number of nitrogens with zero attached hydrogens (tertiary/aromatic N) is 1. The van der Waals surface area contributed by atoms with Crippen LogP contribution in [0.4, 0.5) is 0 Å². The zero-order valence-corrected chi connectivity index (χ0v) is 13.9. The van der Waals surface area contributed by atoms with Crippen molar-refractivity contribution in [3.05, 3.63) is 21.3 Å². The van der Waals surface area contributed by atoms with E-state index in [0.717, 1.165) is 17.4 Å². The van der Waals surface area contributed by atoms with Crippen molar-refractivity contribution in [3.63, 3.8) is 0 Å². The van der Waals surface area contributed by atoms with Gasteiger partial charge in [-0.15, -0.1) is 11.3 Å². The van der Waals surface area contributed by atoms with E-state index in [1.54, 1.807) is 11.3 Å². The minimum atomic E-state index is 0.464. The first-order chi connectivity index (χ1) is 9.02. The first-order valence-electron chi connectivity index (χ1n) is 7.27. The molecule has 1 aliphatic rings. The van der Waals surface area contributed by atoms with Crippen LogP contribution >= 0.6 is 22.9 Å². The number of thiophene rings is 1. The Labute approximate surface area is 126 Å². The summed E-state index contributed by atoms with van der Waals surface area (Å²) in [6.07, 6.45) is 1.20. The molecule has 19 heavy (non-hydrogen) atoms. The minimum absolute atomic E-state index is 0.464. The molecular formula is C15H25ClN2S. The van der Waals surface area contributed by atoms with Crippen molar-refractivity contribution in [1.82, 2.24) is 10.2 Å². The van der Waals surface area contributed by atoms with Crippen LogP contribution in [0.2, 0.25) is 4.34 Å². The molecule has 3 atom stereocenters. The fourth-order valence-corrected chi connectivity index (χ4v) is 3.99. The Bertz CT molecular complexity index is 405. The van der Waals surface area contributed by atoms with Gasteiger partial charge in [0.05, 0.1) is 4.34 Å². The van der Waals surface area contributed by atoms with Gasteiger partial charge in [-0.1, -0.05) is 32.4 Å². The maximum absolute atomic E-state index is 6.08. The second kappa shape index (κ2) is 6.57. The first kappa shape index (κ1) is 15.3. The van der Waals surface area contributed by atoms with Crippen LogP contribution in [0.5, 0.6) is 0 Å². The lowest BCUT2D eigenvalue weighted by Gasteiger charge is -2.44. The molecule has 2 nitrogen and oxygen atoms in total. The van der Waals surface area contributed by atoms with E-state index >= 15 is 0 Å². The number of hydrogen-bond donors (Lipinski definition) is 1. The van der Waals surface area contributed by atoms with Crippen LogP contribution in [-0.2, 0) is 0 Å². The zero-order valence-electron chi connectivity index (χ0n) is 12.3. The highest BCUT2D eigenvalue weighted by Gasteiger charge is 2.32. The summed E-state index contributed by atoms with van der Waals surface area (Å²) < 4.78 is 0.894. The summed E-state index contributed by atoms with van der Waals surface area (Å²) in [5, 5.41) is 3.70. The van der Waals surface area contributed by atoms with Gasteiger partial charge < -0.3 is 5.32 Å². The van der Waals surface area contributed by atoms with E-state index in [2.05, 4.69) is 44.0 Å². The normalized spacial score (nSPS) is 26.8. The Hall–Kier alpha value is -0.0900. The van der Waals surface area contributed by atoms with E-state index in [4.69, 9.17) is 11.6 Å². The SMILES string of the molecule is CCC1CNC(C(C)C)CN1C(C)c1ccc(Cl)s1. The number of hydrogen-bond acceptors (Lipinski definition) is 3. The number of piperazine rings is 1. The number of nitrogens with one attached hydrogen (secondary N) is 1. The molecule has 108 valence electrons. The lowest BCUT2D eigenvalue weighted by Crippen LogP contribution is -2.58. The van der Waals surface area contributed by atoms with Crippen LogP contribution in [0.1, 0.15) is 45.0 Å². The molecule has 1 saturated heterocycles. The van der Waals surface area contributed by atoms with Gasteiger partial charge in [0.2, 0.25) is 0 Å². The van der Waals surface area contributed by atoms with Crippen molar-refractivity contribution in [2.75, 3.05) is 13.1 Å². The smallest absolute Gasteiger partial charge is 0.0931 e. The second-order valence-corrected chi connectivity index (χ2v) is 7.58. The first-order valence-corrected chi connectivity index (χ1v) is 8.46. The van der Waals surface area contributed by atoms with Gasteiger partial charge in [0.1, 0.15) is 0 Å². The molecule has 4 heteroatoms. The highest BCUT2D eigenvalue weighted by atomic mass is 35.5. The molecule has 0 aliphatic carbocycles. The maximum Gasteiger partial charge on any atom is 0.0931 e. The van der Waals surface area contributed by atoms with Crippen LogP contribution < -0.4 is 5.32 Å². The van der Waals surface area contributed by atoms with E-state index < -0.39 is 0 Å². The molecule has 1 N–H and O–H groups in total. The summed E-state index contributed by atoms with van der Waals surface area (Å²) in [5.41, 5.74) is 0.